The van der Waals surface area contributed by atoms with E-state index in [4.69, 9.17) is 4.74 Å². The normalized spacial score (nSPS) is 19.5. The molecule has 3 aromatic rings. The number of likely N-dealkylation sites (tertiary alicyclic amines) is 1. The Morgan fingerprint density at radius 3 is 2.36 bits per heavy atom. The Balaban J connectivity index is 1.28. The van der Waals surface area contributed by atoms with Gasteiger partial charge in [0.2, 0.25) is 5.91 Å². The number of rotatable bonds is 8. The molecule has 0 radical (unpaired) electrons. The summed E-state index contributed by atoms with van der Waals surface area (Å²) in [6.07, 6.45) is 0.763. The van der Waals surface area contributed by atoms with Crippen molar-refractivity contribution >= 4 is 27.8 Å². The first-order valence-electron chi connectivity index (χ1n) is 13.7. The number of nitrogens with zero attached hydrogens (tertiary/aromatic N) is 3. The molecule has 3 atom stereocenters. The number of ether oxygens (including phenoxy) is 1. The molecule has 0 bridgehead atoms. The van der Waals surface area contributed by atoms with Crippen LogP contribution in [0.2, 0.25) is 0 Å². The molecule has 1 N–H and O–H groups in total. The number of aromatic nitrogens is 1. The molecule has 12 heteroatoms. The molecule has 1 aromatic heterocycles. The molecule has 2 aliphatic rings. The molecular weight excluding hydrogens is 560 g/mol. The minimum atomic E-state index is -4.28. The van der Waals surface area contributed by atoms with E-state index in [1.54, 1.807) is 12.1 Å². The molecule has 2 saturated heterocycles. The fourth-order valence-corrected chi connectivity index (χ4v) is 7.24. The standard InChI is InChI=1S/C30H32N4O7S/c1-20(2)18-24(31-30(37)41-23-13-11-22(12-14-23)21-8-4-3-5-9-21)29(36)32-17-15-25-28(32)26(35)19-34(25)42(39,40)27-10-6-7-16-33(27)38/h3-14,16,20,24-25,28H,15,17-19H2,1-2H3,(H,31,37). The first-order valence-corrected chi connectivity index (χ1v) is 15.2. The molecule has 5 rings (SSSR count). The molecule has 0 aliphatic carbocycles. The average molecular weight is 593 g/mol. The largest absolute Gasteiger partial charge is 0.618 e. The number of pyridine rings is 1. The van der Waals surface area contributed by atoms with Crippen molar-refractivity contribution in [3.63, 3.8) is 0 Å². The van der Waals surface area contributed by atoms with E-state index in [2.05, 4.69) is 5.32 Å². The number of amides is 2. The van der Waals surface area contributed by atoms with Crippen LogP contribution < -0.4 is 14.8 Å². The Morgan fingerprint density at radius 2 is 1.69 bits per heavy atom. The third-order valence-corrected chi connectivity index (χ3v) is 9.35. The predicted octanol–water partition coefficient (Wildman–Crippen LogP) is 2.73. The summed E-state index contributed by atoms with van der Waals surface area (Å²) in [6.45, 7) is 3.48. The zero-order valence-corrected chi connectivity index (χ0v) is 24.1. The van der Waals surface area contributed by atoms with Crippen molar-refractivity contribution in [3.8, 4) is 16.9 Å². The van der Waals surface area contributed by atoms with Crippen molar-refractivity contribution in [2.75, 3.05) is 13.1 Å². The summed E-state index contributed by atoms with van der Waals surface area (Å²) in [7, 11) is -4.28. The van der Waals surface area contributed by atoms with E-state index in [0.29, 0.717) is 5.75 Å². The second-order valence-corrected chi connectivity index (χ2v) is 12.7. The van der Waals surface area contributed by atoms with Crippen LogP contribution in [0.5, 0.6) is 5.75 Å². The van der Waals surface area contributed by atoms with Crippen LogP contribution in [0, 0.1) is 11.1 Å². The summed E-state index contributed by atoms with van der Waals surface area (Å²) >= 11 is 0. The number of benzene rings is 2. The van der Waals surface area contributed by atoms with E-state index in [1.807, 2.05) is 56.3 Å². The highest BCUT2D eigenvalue weighted by Gasteiger charge is 2.55. The summed E-state index contributed by atoms with van der Waals surface area (Å²) in [5.41, 5.74) is 1.97. The van der Waals surface area contributed by atoms with E-state index in [-0.39, 0.29) is 30.0 Å². The molecule has 42 heavy (non-hydrogen) atoms. The predicted molar refractivity (Wildman–Crippen MR) is 152 cm³/mol. The summed E-state index contributed by atoms with van der Waals surface area (Å²) in [5.74, 6) is -0.608. The van der Waals surface area contributed by atoms with Gasteiger partial charge in [0.25, 0.3) is 0 Å². The van der Waals surface area contributed by atoms with Crippen molar-refractivity contribution in [1.82, 2.24) is 14.5 Å². The van der Waals surface area contributed by atoms with E-state index >= 15 is 0 Å². The molecule has 2 aromatic carbocycles. The fraction of sp³-hybridized carbons (Fsp3) is 0.333. The zero-order valence-electron chi connectivity index (χ0n) is 23.3. The number of nitrogens with one attached hydrogen (secondary N) is 1. The maximum atomic E-state index is 13.7. The maximum absolute atomic E-state index is 13.7. The van der Waals surface area contributed by atoms with Crippen molar-refractivity contribution in [2.45, 2.75) is 49.8 Å². The number of sulfonamides is 1. The number of hydrogen-bond acceptors (Lipinski definition) is 7. The second-order valence-electron chi connectivity index (χ2n) is 10.8. The van der Waals surface area contributed by atoms with Crippen LogP contribution in [-0.4, -0.2) is 66.6 Å². The van der Waals surface area contributed by atoms with Gasteiger partial charge in [-0.15, -0.1) is 0 Å². The Hall–Kier alpha value is -4.29. The fourth-order valence-electron chi connectivity index (χ4n) is 5.59. The van der Waals surface area contributed by atoms with Crippen LogP contribution in [0.4, 0.5) is 4.79 Å². The van der Waals surface area contributed by atoms with Gasteiger partial charge in [0.05, 0.1) is 12.6 Å². The van der Waals surface area contributed by atoms with E-state index in [0.717, 1.165) is 21.6 Å². The van der Waals surface area contributed by atoms with Crippen molar-refractivity contribution in [2.24, 2.45) is 5.92 Å². The molecule has 0 saturated carbocycles. The van der Waals surface area contributed by atoms with Crippen LogP contribution in [0.25, 0.3) is 11.1 Å². The van der Waals surface area contributed by atoms with Gasteiger partial charge in [0.1, 0.15) is 17.8 Å². The summed E-state index contributed by atoms with van der Waals surface area (Å²) in [5, 5.41) is 14.4. The number of fused-ring (bicyclic) bond motifs is 1. The number of ketones is 1. The number of hydrogen-bond donors (Lipinski definition) is 1. The molecule has 11 nitrogen and oxygen atoms in total. The molecule has 2 aliphatic heterocycles. The van der Waals surface area contributed by atoms with Crippen LogP contribution in [0.3, 0.4) is 0 Å². The molecule has 220 valence electrons. The van der Waals surface area contributed by atoms with Crippen LogP contribution in [-0.2, 0) is 19.6 Å². The summed E-state index contributed by atoms with van der Waals surface area (Å²) in [4.78, 5) is 41.0. The van der Waals surface area contributed by atoms with Gasteiger partial charge < -0.3 is 20.2 Å². The summed E-state index contributed by atoms with van der Waals surface area (Å²) < 4.78 is 33.3. The third-order valence-electron chi connectivity index (χ3n) is 7.49. The average Bonchev–Trinajstić information content (AvgIpc) is 3.54. The quantitative estimate of drug-likeness (QED) is 0.313. The number of carbonyl (C=O) groups is 3. The Bertz CT molecular complexity index is 1580. The minimum absolute atomic E-state index is 0.0181. The highest BCUT2D eigenvalue weighted by Crippen LogP contribution is 2.34. The van der Waals surface area contributed by atoms with Gasteiger partial charge in [-0.3, -0.25) is 9.59 Å². The molecule has 2 amide bonds. The third kappa shape index (κ3) is 5.86. The SMILES string of the molecule is CC(C)CC(NC(=O)Oc1ccc(-c2ccccc2)cc1)C(=O)N1CCC2C1C(=O)CN2S(=O)(=O)c1cccc[n+]1[O-]. The Morgan fingerprint density at radius 1 is 1.02 bits per heavy atom. The van der Waals surface area contributed by atoms with E-state index in [1.165, 1.54) is 23.1 Å². The highest BCUT2D eigenvalue weighted by atomic mass is 32.2. The summed E-state index contributed by atoms with van der Waals surface area (Å²) in [6, 6.07) is 17.9. The smallest absolute Gasteiger partial charge is 0.413 e. The van der Waals surface area contributed by atoms with Crippen molar-refractivity contribution in [3.05, 3.63) is 84.2 Å². The van der Waals surface area contributed by atoms with Crippen molar-refractivity contribution in [1.29, 1.82) is 0 Å². The minimum Gasteiger partial charge on any atom is -0.618 e. The highest BCUT2D eigenvalue weighted by molar-refractivity contribution is 7.89. The lowest BCUT2D eigenvalue weighted by Gasteiger charge is -2.28. The van der Waals surface area contributed by atoms with Crippen LogP contribution in [0.15, 0.2) is 84.0 Å². The van der Waals surface area contributed by atoms with Gasteiger partial charge in [-0.2, -0.15) is 9.04 Å². The van der Waals surface area contributed by atoms with Gasteiger partial charge in [-0.1, -0.05) is 56.3 Å². The topological polar surface area (TPSA) is 140 Å². The van der Waals surface area contributed by atoms with E-state index in [9.17, 15) is 28.0 Å². The Labute approximate surface area is 244 Å². The molecule has 2 fully saturated rings. The zero-order chi connectivity index (χ0) is 30.0. The lowest BCUT2D eigenvalue weighted by Crippen LogP contribution is -2.53. The Kier molecular flexibility index (Phi) is 8.28. The van der Waals surface area contributed by atoms with Crippen LogP contribution >= 0.6 is 0 Å². The van der Waals surface area contributed by atoms with E-state index < -0.39 is 57.5 Å². The molecular formula is C30H32N4O7S. The van der Waals surface area contributed by atoms with Gasteiger partial charge in [-0.25, -0.2) is 13.2 Å². The van der Waals surface area contributed by atoms with Crippen LogP contribution in [0.1, 0.15) is 26.7 Å². The first-order chi connectivity index (χ1) is 20.1. The van der Waals surface area contributed by atoms with Gasteiger partial charge in [0.15, 0.2) is 12.0 Å². The molecule has 3 unspecified atom stereocenters. The van der Waals surface area contributed by atoms with Gasteiger partial charge in [-0.05, 0) is 48.1 Å². The molecule has 3 heterocycles. The van der Waals surface area contributed by atoms with Gasteiger partial charge in [0, 0.05) is 18.7 Å². The lowest BCUT2D eigenvalue weighted by atomic mass is 10.0. The monoisotopic (exact) mass is 592 g/mol. The second kappa shape index (κ2) is 11.9. The number of carbonyl (C=O) groups excluding carboxylic acids is 3. The molecule has 0 spiro atoms. The van der Waals surface area contributed by atoms with Gasteiger partial charge >= 0.3 is 21.1 Å². The maximum Gasteiger partial charge on any atom is 0.413 e. The lowest BCUT2D eigenvalue weighted by molar-refractivity contribution is -0.646. The first kappa shape index (κ1) is 29.2. The van der Waals surface area contributed by atoms with Crippen molar-refractivity contribution < 1.29 is 32.3 Å². The number of Topliss-reactive ketones (excluding diaryl/α,β-unsaturated/α-hetero) is 1.